The van der Waals surface area contributed by atoms with Gasteiger partial charge >= 0.3 is 0 Å². The van der Waals surface area contributed by atoms with Crippen LogP contribution in [0.5, 0.6) is 5.75 Å². The standard InChI is InChI=1S/C12H17NO/c1-14-12-8-10-4-2-3-9(10)7-11(12)5-6-13/h7-8H,2-6,13H2,1H3. The van der Waals surface area contributed by atoms with Crippen LogP contribution in [-0.2, 0) is 19.3 Å². The molecule has 1 aromatic carbocycles. The van der Waals surface area contributed by atoms with Crippen molar-refractivity contribution in [3.8, 4) is 5.75 Å². The van der Waals surface area contributed by atoms with Gasteiger partial charge in [-0.2, -0.15) is 0 Å². The first kappa shape index (κ1) is 9.53. The predicted molar refractivity (Wildman–Crippen MR) is 57.8 cm³/mol. The van der Waals surface area contributed by atoms with Crippen molar-refractivity contribution in [2.24, 2.45) is 5.73 Å². The fourth-order valence-electron chi connectivity index (χ4n) is 2.19. The zero-order chi connectivity index (χ0) is 9.97. The van der Waals surface area contributed by atoms with Crippen LogP contribution < -0.4 is 10.5 Å². The Kier molecular flexibility index (Phi) is 2.73. The van der Waals surface area contributed by atoms with Crippen LogP contribution in [0.25, 0.3) is 0 Å². The normalized spacial score (nSPS) is 14.1. The van der Waals surface area contributed by atoms with Crippen LogP contribution in [0.2, 0.25) is 0 Å². The number of ether oxygens (including phenoxy) is 1. The van der Waals surface area contributed by atoms with Gasteiger partial charge in [-0.15, -0.1) is 0 Å². The second kappa shape index (κ2) is 4.01. The predicted octanol–water partition coefficient (Wildman–Crippen LogP) is 1.69. The molecular weight excluding hydrogens is 174 g/mol. The van der Waals surface area contributed by atoms with Crippen molar-refractivity contribution in [2.75, 3.05) is 13.7 Å². The minimum absolute atomic E-state index is 0.690. The molecule has 0 amide bonds. The Bertz CT molecular complexity index is 333. The van der Waals surface area contributed by atoms with Gasteiger partial charge in [0.1, 0.15) is 5.75 Å². The molecule has 2 heteroatoms. The molecule has 2 N–H and O–H groups in total. The number of fused-ring (bicyclic) bond motifs is 1. The second-order valence-electron chi connectivity index (χ2n) is 3.82. The summed E-state index contributed by atoms with van der Waals surface area (Å²) in [5.41, 5.74) is 9.79. The average molecular weight is 191 g/mol. The van der Waals surface area contributed by atoms with Crippen LogP contribution in [-0.4, -0.2) is 13.7 Å². The van der Waals surface area contributed by atoms with Crippen molar-refractivity contribution in [1.29, 1.82) is 0 Å². The summed E-state index contributed by atoms with van der Waals surface area (Å²) in [6.45, 7) is 0.690. The molecule has 1 aromatic rings. The van der Waals surface area contributed by atoms with Crippen molar-refractivity contribution < 1.29 is 4.74 Å². The van der Waals surface area contributed by atoms with Gasteiger partial charge in [0, 0.05) is 0 Å². The zero-order valence-electron chi connectivity index (χ0n) is 8.68. The van der Waals surface area contributed by atoms with Crippen LogP contribution in [0.3, 0.4) is 0 Å². The molecule has 0 radical (unpaired) electrons. The molecule has 0 saturated heterocycles. The third-order valence-corrected chi connectivity index (χ3v) is 2.91. The molecule has 0 spiro atoms. The molecule has 0 saturated carbocycles. The van der Waals surface area contributed by atoms with E-state index in [0.717, 1.165) is 12.2 Å². The van der Waals surface area contributed by atoms with Gasteiger partial charge < -0.3 is 10.5 Å². The van der Waals surface area contributed by atoms with Gasteiger partial charge in [0.05, 0.1) is 7.11 Å². The molecule has 0 aromatic heterocycles. The van der Waals surface area contributed by atoms with Gasteiger partial charge in [-0.3, -0.25) is 0 Å². The Balaban J connectivity index is 2.38. The van der Waals surface area contributed by atoms with E-state index in [1.807, 2.05) is 0 Å². The average Bonchev–Trinajstić information content (AvgIpc) is 2.64. The molecule has 1 aliphatic rings. The number of rotatable bonds is 3. The number of benzene rings is 1. The van der Waals surface area contributed by atoms with E-state index in [1.54, 1.807) is 7.11 Å². The molecule has 0 atom stereocenters. The van der Waals surface area contributed by atoms with Crippen molar-refractivity contribution in [1.82, 2.24) is 0 Å². The minimum Gasteiger partial charge on any atom is -0.496 e. The summed E-state index contributed by atoms with van der Waals surface area (Å²) in [4.78, 5) is 0. The fourth-order valence-corrected chi connectivity index (χ4v) is 2.19. The van der Waals surface area contributed by atoms with Crippen molar-refractivity contribution in [3.63, 3.8) is 0 Å². The van der Waals surface area contributed by atoms with E-state index in [1.165, 1.54) is 36.0 Å². The smallest absolute Gasteiger partial charge is 0.122 e. The first-order chi connectivity index (χ1) is 6.85. The van der Waals surface area contributed by atoms with Crippen LogP contribution >= 0.6 is 0 Å². The van der Waals surface area contributed by atoms with E-state index in [4.69, 9.17) is 10.5 Å². The maximum absolute atomic E-state index is 5.57. The quantitative estimate of drug-likeness (QED) is 0.789. The third-order valence-electron chi connectivity index (χ3n) is 2.91. The molecule has 2 rings (SSSR count). The number of nitrogens with two attached hydrogens (primary N) is 1. The van der Waals surface area contributed by atoms with Crippen molar-refractivity contribution in [3.05, 3.63) is 28.8 Å². The van der Waals surface area contributed by atoms with Gasteiger partial charge in [0.2, 0.25) is 0 Å². The van der Waals surface area contributed by atoms with Gasteiger partial charge in [-0.1, -0.05) is 6.07 Å². The second-order valence-corrected chi connectivity index (χ2v) is 3.82. The van der Waals surface area contributed by atoms with Crippen LogP contribution in [0.4, 0.5) is 0 Å². The largest absolute Gasteiger partial charge is 0.496 e. The lowest BCUT2D eigenvalue weighted by molar-refractivity contribution is 0.409. The molecule has 0 fully saturated rings. The Labute approximate surface area is 85.1 Å². The first-order valence-corrected chi connectivity index (χ1v) is 5.24. The van der Waals surface area contributed by atoms with Gasteiger partial charge in [0.15, 0.2) is 0 Å². The lowest BCUT2D eigenvalue weighted by atomic mass is 10.0. The Morgan fingerprint density at radius 1 is 1.29 bits per heavy atom. The molecule has 1 aliphatic carbocycles. The van der Waals surface area contributed by atoms with E-state index >= 15 is 0 Å². The molecule has 2 nitrogen and oxygen atoms in total. The summed E-state index contributed by atoms with van der Waals surface area (Å²) in [5, 5.41) is 0. The Hall–Kier alpha value is -1.02. The number of aryl methyl sites for hydroxylation is 2. The van der Waals surface area contributed by atoms with Crippen LogP contribution in [0.15, 0.2) is 12.1 Å². The van der Waals surface area contributed by atoms with E-state index in [2.05, 4.69) is 12.1 Å². The number of hydrogen-bond acceptors (Lipinski definition) is 2. The maximum atomic E-state index is 5.57. The molecule has 0 heterocycles. The lowest BCUT2D eigenvalue weighted by Crippen LogP contribution is -2.05. The molecule has 14 heavy (non-hydrogen) atoms. The lowest BCUT2D eigenvalue weighted by Gasteiger charge is -2.10. The van der Waals surface area contributed by atoms with Gasteiger partial charge in [-0.25, -0.2) is 0 Å². The van der Waals surface area contributed by atoms with E-state index in [0.29, 0.717) is 6.54 Å². The van der Waals surface area contributed by atoms with Crippen molar-refractivity contribution >= 4 is 0 Å². The first-order valence-electron chi connectivity index (χ1n) is 5.24. The van der Waals surface area contributed by atoms with Gasteiger partial charge in [0.25, 0.3) is 0 Å². The zero-order valence-corrected chi connectivity index (χ0v) is 8.68. The summed E-state index contributed by atoms with van der Waals surface area (Å²) in [7, 11) is 1.73. The summed E-state index contributed by atoms with van der Waals surface area (Å²) < 4.78 is 5.37. The van der Waals surface area contributed by atoms with E-state index < -0.39 is 0 Å². The SMILES string of the molecule is COc1cc2c(cc1CCN)CCC2. The third kappa shape index (κ3) is 1.62. The van der Waals surface area contributed by atoms with Crippen molar-refractivity contribution in [2.45, 2.75) is 25.7 Å². The minimum atomic E-state index is 0.690. The van der Waals surface area contributed by atoms with Gasteiger partial charge in [-0.05, 0) is 55.0 Å². The van der Waals surface area contributed by atoms with Crippen LogP contribution in [0.1, 0.15) is 23.1 Å². The maximum Gasteiger partial charge on any atom is 0.122 e. The highest BCUT2D eigenvalue weighted by molar-refractivity contribution is 5.44. The topological polar surface area (TPSA) is 35.2 Å². The van der Waals surface area contributed by atoms with Crippen LogP contribution in [0, 0.1) is 0 Å². The fraction of sp³-hybridized carbons (Fsp3) is 0.500. The highest BCUT2D eigenvalue weighted by Gasteiger charge is 2.14. The molecule has 76 valence electrons. The molecule has 0 aliphatic heterocycles. The Morgan fingerprint density at radius 2 is 2.00 bits per heavy atom. The molecular formula is C12H17NO. The number of methoxy groups -OCH3 is 1. The summed E-state index contributed by atoms with van der Waals surface area (Å²) >= 11 is 0. The highest BCUT2D eigenvalue weighted by Crippen LogP contribution is 2.29. The highest BCUT2D eigenvalue weighted by atomic mass is 16.5. The monoisotopic (exact) mass is 191 g/mol. The van der Waals surface area contributed by atoms with E-state index in [9.17, 15) is 0 Å². The summed E-state index contributed by atoms with van der Waals surface area (Å²) in [6, 6.07) is 4.46. The number of hydrogen-bond donors (Lipinski definition) is 1. The molecule has 0 unspecified atom stereocenters. The summed E-state index contributed by atoms with van der Waals surface area (Å²) in [6.07, 6.45) is 4.62. The van der Waals surface area contributed by atoms with E-state index in [-0.39, 0.29) is 0 Å². The Morgan fingerprint density at radius 3 is 2.64 bits per heavy atom. The summed E-state index contributed by atoms with van der Waals surface area (Å²) in [5.74, 6) is 1.01. The molecule has 0 bridgehead atoms.